The van der Waals surface area contributed by atoms with Crippen LogP contribution in [0.5, 0.6) is 0 Å². The molecule has 0 saturated heterocycles. The minimum absolute atomic E-state index is 0.171. The van der Waals surface area contributed by atoms with Gasteiger partial charge in [-0.2, -0.15) is 5.26 Å². The van der Waals surface area contributed by atoms with Crippen molar-refractivity contribution in [3.63, 3.8) is 0 Å². The predicted octanol–water partition coefficient (Wildman–Crippen LogP) is 3.79. The molecular weight excluding hydrogens is 288 g/mol. The molecule has 0 fully saturated rings. The Bertz CT molecular complexity index is 875. The molecular formula is C19H16N2O2. The summed E-state index contributed by atoms with van der Waals surface area (Å²) in [6.07, 6.45) is 0. The quantitative estimate of drug-likeness (QED) is 0.793. The summed E-state index contributed by atoms with van der Waals surface area (Å²) >= 11 is 0. The second-order valence-electron chi connectivity index (χ2n) is 5.95. The lowest BCUT2D eigenvalue weighted by Crippen LogP contribution is -2.31. The summed E-state index contributed by atoms with van der Waals surface area (Å²) in [7, 11) is 0. The van der Waals surface area contributed by atoms with Crippen LogP contribution < -0.4 is 4.90 Å². The summed E-state index contributed by atoms with van der Waals surface area (Å²) < 4.78 is 0. The zero-order valence-electron chi connectivity index (χ0n) is 13.3. The molecule has 2 amide bonds. The number of hydrogen-bond donors (Lipinski definition) is 0. The molecule has 2 aromatic carbocycles. The lowest BCUT2D eigenvalue weighted by Gasteiger charge is -2.22. The van der Waals surface area contributed by atoms with Crippen molar-refractivity contribution < 1.29 is 9.59 Å². The van der Waals surface area contributed by atoms with Gasteiger partial charge >= 0.3 is 0 Å². The zero-order valence-corrected chi connectivity index (χ0v) is 13.3. The van der Waals surface area contributed by atoms with Crippen LogP contribution in [0.3, 0.4) is 0 Å². The van der Waals surface area contributed by atoms with E-state index in [1.54, 1.807) is 18.2 Å². The maximum absolute atomic E-state index is 12.9. The first-order valence-electron chi connectivity index (χ1n) is 7.48. The summed E-state index contributed by atoms with van der Waals surface area (Å²) in [5.74, 6) is -0.610. The maximum atomic E-state index is 12.9. The highest BCUT2D eigenvalue weighted by molar-refractivity contribution is 6.35. The predicted molar refractivity (Wildman–Crippen MR) is 87.6 cm³/mol. The van der Waals surface area contributed by atoms with Gasteiger partial charge in [-0.3, -0.25) is 9.59 Å². The second kappa shape index (κ2) is 5.36. The first-order chi connectivity index (χ1) is 11.0. The molecule has 1 heterocycles. The Morgan fingerprint density at radius 2 is 1.74 bits per heavy atom. The minimum atomic E-state index is -0.418. The number of benzene rings is 2. The van der Waals surface area contributed by atoms with Crippen molar-refractivity contribution in [1.82, 2.24) is 0 Å². The van der Waals surface area contributed by atoms with Crippen molar-refractivity contribution in [2.45, 2.75) is 26.7 Å². The van der Waals surface area contributed by atoms with Gasteiger partial charge in [0.1, 0.15) is 0 Å². The fraction of sp³-hybridized carbons (Fsp3) is 0.211. The second-order valence-corrected chi connectivity index (χ2v) is 5.95. The van der Waals surface area contributed by atoms with Crippen LogP contribution in [0.2, 0.25) is 0 Å². The van der Waals surface area contributed by atoms with Crippen LogP contribution in [-0.2, 0) is 0 Å². The van der Waals surface area contributed by atoms with Gasteiger partial charge in [0, 0.05) is 0 Å². The van der Waals surface area contributed by atoms with Gasteiger partial charge in [0.2, 0.25) is 0 Å². The molecule has 1 aliphatic heterocycles. The number of nitrogens with zero attached hydrogens (tertiary/aromatic N) is 2. The van der Waals surface area contributed by atoms with Crippen molar-refractivity contribution in [3.8, 4) is 6.07 Å². The van der Waals surface area contributed by atoms with Crippen LogP contribution in [0.1, 0.15) is 57.2 Å². The summed E-state index contributed by atoms with van der Waals surface area (Å²) in [6.45, 7) is 5.93. The Balaban J connectivity index is 2.24. The number of rotatable bonds is 2. The zero-order chi connectivity index (χ0) is 16.7. The molecule has 4 nitrogen and oxygen atoms in total. The van der Waals surface area contributed by atoms with Crippen molar-refractivity contribution in [3.05, 3.63) is 64.2 Å². The summed E-state index contributed by atoms with van der Waals surface area (Å²) in [5, 5.41) is 9.23. The van der Waals surface area contributed by atoms with E-state index in [1.165, 1.54) is 4.90 Å². The van der Waals surface area contributed by atoms with E-state index in [9.17, 15) is 14.9 Å². The van der Waals surface area contributed by atoms with Crippen molar-refractivity contribution in [1.29, 1.82) is 5.26 Å². The first kappa shape index (κ1) is 15.0. The molecule has 0 atom stereocenters. The van der Waals surface area contributed by atoms with E-state index in [0.717, 1.165) is 11.1 Å². The number of amides is 2. The highest BCUT2D eigenvalue weighted by Crippen LogP contribution is 2.37. The third-order valence-corrected chi connectivity index (χ3v) is 4.15. The van der Waals surface area contributed by atoms with Gasteiger partial charge in [0.15, 0.2) is 0 Å². The number of aryl methyl sites for hydroxylation is 1. The number of carbonyl (C=O) groups is 2. The highest BCUT2D eigenvalue weighted by atomic mass is 16.2. The Hall–Kier alpha value is -2.93. The van der Waals surface area contributed by atoms with Crippen LogP contribution in [0.15, 0.2) is 36.4 Å². The summed E-state index contributed by atoms with van der Waals surface area (Å²) in [6, 6.07) is 12.5. The number of anilines is 1. The number of para-hydroxylation sites is 1. The molecule has 1 aliphatic rings. The van der Waals surface area contributed by atoms with Gasteiger partial charge in [0.05, 0.1) is 28.4 Å². The average molecular weight is 304 g/mol. The molecule has 3 rings (SSSR count). The Labute approximate surface area is 135 Å². The van der Waals surface area contributed by atoms with Crippen LogP contribution in [-0.4, -0.2) is 11.8 Å². The topological polar surface area (TPSA) is 61.2 Å². The van der Waals surface area contributed by atoms with Gasteiger partial charge < -0.3 is 0 Å². The summed E-state index contributed by atoms with van der Waals surface area (Å²) in [5.41, 5.74) is 3.19. The monoisotopic (exact) mass is 304 g/mol. The molecule has 0 spiro atoms. The molecule has 0 radical (unpaired) electrons. The standard InChI is InChI=1S/C19H16N2O2/c1-11(2)14-8-4-6-12(3)17(14)21-18(22)15-9-5-7-13(10-20)16(15)19(21)23/h4-9,11H,1-3H3. The van der Waals surface area contributed by atoms with E-state index in [0.29, 0.717) is 11.3 Å². The molecule has 0 aliphatic carbocycles. The third-order valence-electron chi connectivity index (χ3n) is 4.15. The SMILES string of the molecule is Cc1cccc(C(C)C)c1N1C(=O)c2cccc(C#N)c2C1=O. The van der Waals surface area contributed by atoms with Crippen molar-refractivity contribution in [2.75, 3.05) is 4.90 Å². The lowest BCUT2D eigenvalue weighted by molar-refractivity contribution is 0.0925. The van der Waals surface area contributed by atoms with E-state index < -0.39 is 5.91 Å². The first-order valence-corrected chi connectivity index (χ1v) is 7.48. The fourth-order valence-corrected chi connectivity index (χ4v) is 3.03. The normalized spacial score (nSPS) is 13.4. The molecule has 4 heteroatoms. The number of carbonyl (C=O) groups excluding carboxylic acids is 2. The lowest BCUT2D eigenvalue weighted by atomic mass is 9.97. The van der Waals surface area contributed by atoms with Crippen molar-refractivity contribution >= 4 is 17.5 Å². The van der Waals surface area contributed by atoms with Crippen molar-refractivity contribution in [2.24, 2.45) is 0 Å². The molecule has 0 unspecified atom stereocenters. The number of nitriles is 1. The van der Waals surface area contributed by atoms with Gasteiger partial charge in [-0.15, -0.1) is 0 Å². The Morgan fingerprint density at radius 3 is 2.39 bits per heavy atom. The van der Waals surface area contributed by atoms with E-state index in [2.05, 4.69) is 0 Å². The highest BCUT2D eigenvalue weighted by Gasteiger charge is 2.40. The van der Waals surface area contributed by atoms with Crippen LogP contribution in [0, 0.1) is 18.3 Å². The van der Waals surface area contributed by atoms with E-state index in [-0.39, 0.29) is 23.0 Å². The summed E-state index contributed by atoms with van der Waals surface area (Å²) in [4.78, 5) is 26.9. The molecule has 2 aromatic rings. The van der Waals surface area contributed by atoms with Crippen LogP contribution >= 0.6 is 0 Å². The Kier molecular flexibility index (Phi) is 3.49. The van der Waals surface area contributed by atoms with Gasteiger partial charge in [-0.1, -0.05) is 38.1 Å². The number of hydrogen-bond acceptors (Lipinski definition) is 3. The number of imide groups is 1. The fourth-order valence-electron chi connectivity index (χ4n) is 3.03. The largest absolute Gasteiger partial charge is 0.268 e. The molecule has 0 aromatic heterocycles. The molecule has 114 valence electrons. The van der Waals surface area contributed by atoms with Gasteiger partial charge in [-0.25, -0.2) is 4.90 Å². The average Bonchev–Trinajstić information content (AvgIpc) is 2.79. The minimum Gasteiger partial charge on any atom is -0.268 e. The van der Waals surface area contributed by atoms with Crippen LogP contribution in [0.4, 0.5) is 5.69 Å². The van der Waals surface area contributed by atoms with E-state index in [1.807, 2.05) is 45.0 Å². The van der Waals surface area contributed by atoms with E-state index in [4.69, 9.17) is 0 Å². The molecule has 0 N–H and O–H groups in total. The third kappa shape index (κ3) is 2.13. The molecule has 0 saturated carbocycles. The number of fused-ring (bicyclic) bond motifs is 1. The van der Waals surface area contributed by atoms with Crippen LogP contribution in [0.25, 0.3) is 0 Å². The molecule has 23 heavy (non-hydrogen) atoms. The van der Waals surface area contributed by atoms with Gasteiger partial charge in [0.25, 0.3) is 11.8 Å². The maximum Gasteiger partial charge on any atom is 0.267 e. The Morgan fingerprint density at radius 1 is 1.04 bits per heavy atom. The smallest absolute Gasteiger partial charge is 0.267 e. The van der Waals surface area contributed by atoms with E-state index >= 15 is 0 Å². The van der Waals surface area contributed by atoms with Gasteiger partial charge in [-0.05, 0) is 36.1 Å². The molecule has 0 bridgehead atoms.